The third-order valence-electron chi connectivity index (χ3n) is 2.03. The molecule has 0 heterocycles. The second kappa shape index (κ2) is 5.77. The summed E-state index contributed by atoms with van der Waals surface area (Å²) in [4.78, 5) is 0. The van der Waals surface area contributed by atoms with Gasteiger partial charge in [0.1, 0.15) is 0 Å². The van der Waals surface area contributed by atoms with E-state index >= 15 is 0 Å². The zero-order valence-corrected chi connectivity index (χ0v) is 11.1. The minimum absolute atomic E-state index is 0.0130. The maximum Gasteiger partial charge on any atom is 0.573 e. The molecule has 0 atom stereocenters. The van der Waals surface area contributed by atoms with Crippen molar-refractivity contribution in [2.45, 2.75) is 26.1 Å². The van der Waals surface area contributed by atoms with Crippen LogP contribution >= 0.6 is 23.2 Å². The summed E-state index contributed by atoms with van der Waals surface area (Å²) >= 11 is 11.2. The van der Waals surface area contributed by atoms with Gasteiger partial charge < -0.3 is 9.47 Å². The molecule has 20 heavy (non-hydrogen) atoms. The molecule has 0 saturated heterocycles. The van der Waals surface area contributed by atoms with Gasteiger partial charge in [0.25, 0.3) is 0 Å². The molecule has 0 saturated carbocycles. The summed E-state index contributed by atoms with van der Waals surface area (Å²) < 4.78 is 80.0. The predicted molar refractivity (Wildman–Crippen MR) is 59.2 cm³/mol. The summed E-state index contributed by atoms with van der Waals surface area (Å²) in [6, 6.07) is 0.338. The fraction of sp³-hybridized carbons (Fsp3) is 0.400. The minimum Gasteiger partial charge on any atom is -0.404 e. The lowest BCUT2D eigenvalue weighted by Crippen LogP contribution is -2.20. The number of benzene rings is 1. The Morgan fingerprint density at radius 2 is 1.25 bits per heavy atom. The highest BCUT2D eigenvalue weighted by Gasteiger charge is 2.36. The number of alkyl halides is 6. The molecule has 0 aliphatic carbocycles. The molecule has 0 unspecified atom stereocenters. The molecule has 0 spiro atoms. The highest BCUT2D eigenvalue weighted by Crippen LogP contribution is 2.43. The van der Waals surface area contributed by atoms with Crippen LogP contribution in [0.5, 0.6) is 11.5 Å². The quantitative estimate of drug-likeness (QED) is 0.689. The molecular formula is C10H6Cl2F6O2. The third kappa shape index (κ3) is 4.52. The maximum atomic E-state index is 12.2. The minimum atomic E-state index is -5.11. The maximum absolute atomic E-state index is 12.2. The van der Waals surface area contributed by atoms with Crippen molar-refractivity contribution >= 4 is 23.2 Å². The molecule has 0 aliphatic rings. The Morgan fingerprint density at radius 1 is 0.900 bits per heavy atom. The Hall–Kier alpha value is -1.02. The van der Waals surface area contributed by atoms with E-state index in [9.17, 15) is 26.3 Å². The molecule has 0 fully saturated rings. The van der Waals surface area contributed by atoms with Crippen LogP contribution in [-0.4, -0.2) is 12.7 Å². The zero-order valence-electron chi connectivity index (χ0n) is 9.62. The average molecular weight is 343 g/mol. The Kier molecular flexibility index (Phi) is 4.91. The van der Waals surface area contributed by atoms with Gasteiger partial charge >= 0.3 is 12.7 Å². The molecule has 0 radical (unpaired) electrons. The van der Waals surface area contributed by atoms with Gasteiger partial charge in [-0.05, 0) is 12.0 Å². The molecule has 0 aliphatic heterocycles. The van der Waals surface area contributed by atoms with Gasteiger partial charge in [0.2, 0.25) is 0 Å². The molecule has 1 aromatic carbocycles. The van der Waals surface area contributed by atoms with E-state index in [1.807, 2.05) is 0 Å². The van der Waals surface area contributed by atoms with Gasteiger partial charge in [-0.25, -0.2) is 0 Å². The topological polar surface area (TPSA) is 18.5 Å². The fourth-order valence-corrected chi connectivity index (χ4v) is 2.04. The van der Waals surface area contributed by atoms with Crippen LogP contribution in [-0.2, 0) is 6.42 Å². The van der Waals surface area contributed by atoms with Gasteiger partial charge in [-0.2, -0.15) is 0 Å². The molecule has 0 amide bonds. The molecule has 0 N–H and O–H groups in total. The summed E-state index contributed by atoms with van der Waals surface area (Å²) in [6.07, 6.45) is -10.2. The largest absolute Gasteiger partial charge is 0.573 e. The average Bonchev–Trinajstić information content (AvgIpc) is 2.22. The second-order valence-corrected chi connectivity index (χ2v) is 4.18. The van der Waals surface area contributed by atoms with E-state index < -0.39 is 34.3 Å². The highest BCUT2D eigenvalue weighted by atomic mass is 35.5. The van der Waals surface area contributed by atoms with Crippen LogP contribution in [0.25, 0.3) is 0 Å². The number of hydrogen-bond donors (Lipinski definition) is 0. The summed E-state index contributed by atoms with van der Waals surface area (Å²) in [5.74, 6) is -2.03. The number of halogens is 8. The first-order valence-electron chi connectivity index (χ1n) is 4.97. The standard InChI is InChI=1S/C10H6Cl2F6O2/c1-2-4-7(11)5(19-9(13,14)15)3-6(8(4)12)20-10(16,17)18/h3H,2H2,1H3. The van der Waals surface area contributed by atoms with Crippen molar-refractivity contribution in [2.75, 3.05) is 0 Å². The molecule has 2 nitrogen and oxygen atoms in total. The van der Waals surface area contributed by atoms with E-state index in [4.69, 9.17) is 23.2 Å². The van der Waals surface area contributed by atoms with Crippen LogP contribution in [0.4, 0.5) is 26.3 Å². The summed E-state index contributed by atoms with van der Waals surface area (Å²) in [5.41, 5.74) is -0.144. The molecule has 1 aromatic rings. The molecule has 114 valence electrons. The van der Waals surface area contributed by atoms with Crippen LogP contribution in [0.1, 0.15) is 12.5 Å². The Balaban J connectivity index is 3.35. The van der Waals surface area contributed by atoms with Crippen molar-refractivity contribution in [3.63, 3.8) is 0 Å². The summed E-state index contributed by atoms with van der Waals surface area (Å²) in [7, 11) is 0. The molecular weight excluding hydrogens is 337 g/mol. The van der Waals surface area contributed by atoms with Gasteiger partial charge in [0.15, 0.2) is 11.5 Å². The van der Waals surface area contributed by atoms with Crippen molar-refractivity contribution in [2.24, 2.45) is 0 Å². The van der Waals surface area contributed by atoms with Crippen molar-refractivity contribution in [1.82, 2.24) is 0 Å². The molecule has 0 bridgehead atoms. The zero-order chi connectivity index (χ0) is 15.7. The first-order valence-corrected chi connectivity index (χ1v) is 5.72. The summed E-state index contributed by atoms with van der Waals surface area (Å²) in [5, 5.41) is -1.05. The first-order chi connectivity index (χ1) is 8.94. The van der Waals surface area contributed by atoms with E-state index in [1.54, 1.807) is 0 Å². The van der Waals surface area contributed by atoms with Gasteiger partial charge in [0.05, 0.1) is 10.0 Å². The van der Waals surface area contributed by atoms with Crippen LogP contribution in [0.3, 0.4) is 0 Å². The van der Waals surface area contributed by atoms with Crippen LogP contribution in [0, 0.1) is 0 Å². The normalized spacial score (nSPS) is 12.4. The lowest BCUT2D eigenvalue weighted by molar-refractivity contribution is -0.276. The van der Waals surface area contributed by atoms with Crippen molar-refractivity contribution in [3.8, 4) is 11.5 Å². The fourth-order valence-electron chi connectivity index (χ4n) is 1.35. The molecule has 1 rings (SSSR count). The third-order valence-corrected chi connectivity index (χ3v) is 2.86. The van der Waals surface area contributed by atoms with Gasteiger partial charge in [-0.1, -0.05) is 30.1 Å². The van der Waals surface area contributed by atoms with Gasteiger partial charge in [-0.3, -0.25) is 0 Å². The lowest BCUT2D eigenvalue weighted by atomic mass is 10.1. The van der Waals surface area contributed by atoms with E-state index in [2.05, 4.69) is 9.47 Å². The van der Waals surface area contributed by atoms with Crippen molar-refractivity contribution in [3.05, 3.63) is 21.7 Å². The van der Waals surface area contributed by atoms with E-state index in [0.29, 0.717) is 6.07 Å². The van der Waals surface area contributed by atoms with Crippen LogP contribution in [0.15, 0.2) is 6.07 Å². The molecule has 0 aromatic heterocycles. The number of ether oxygens (including phenoxy) is 2. The van der Waals surface area contributed by atoms with Crippen molar-refractivity contribution in [1.29, 1.82) is 0 Å². The second-order valence-electron chi connectivity index (χ2n) is 3.43. The smallest absolute Gasteiger partial charge is 0.404 e. The van der Waals surface area contributed by atoms with Crippen LogP contribution in [0.2, 0.25) is 10.0 Å². The van der Waals surface area contributed by atoms with Crippen LogP contribution < -0.4 is 9.47 Å². The Morgan fingerprint density at radius 3 is 1.50 bits per heavy atom. The highest BCUT2D eigenvalue weighted by molar-refractivity contribution is 6.37. The lowest BCUT2D eigenvalue weighted by Gasteiger charge is -2.17. The molecule has 10 heteroatoms. The monoisotopic (exact) mass is 342 g/mol. The summed E-state index contributed by atoms with van der Waals surface area (Å²) in [6.45, 7) is 1.45. The predicted octanol–water partition coefficient (Wildman–Crippen LogP) is 5.35. The first kappa shape index (κ1) is 17.0. The SMILES string of the molecule is CCc1c(Cl)c(OC(F)(F)F)cc(OC(F)(F)F)c1Cl. The Labute approximate surface area is 119 Å². The van der Waals surface area contributed by atoms with Gasteiger partial charge in [-0.15, -0.1) is 26.3 Å². The van der Waals surface area contributed by atoms with E-state index in [-0.39, 0.29) is 12.0 Å². The van der Waals surface area contributed by atoms with E-state index in [1.165, 1.54) is 6.92 Å². The number of rotatable bonds is 3. The Bertz CT molecular complexity index is 458. The van der Waals surface area contributed by atoms with Crippen molar-refractivity contribution < 1.29 is 35.8 Å². The van der Waals surface area contributed by atoms with E-state index in [0.717, 1.165) is 0 Å². The van der Waals surface area contributed by atoms with Gasteiger partial charge in [0, 0.05) is 6.07 Å². The number of hydrogen-bond acceptors (Lipinski definition) is 2.